The smallest absolute Gasteiger partial charge is 0.351 e. The van der Waals surface area contributed by atoms with Gasteiger partial charge in [-0.3, -0.25) is 9.89 Å². The van der Waals surface area contributed by atoms with Crippen LogP contribution in [0.4, 0.5) is 67.6 Å². The van der Waals surface area contributed by atoms with E-state index in [0.717, 1.165) is 16.5 Å². The van der Waals surface area contributed by atoms with E-state index >= 15 is 0 Å². The molecule has 274 valence electrons. The van der Waals surface area contributed by atoms with Gasteiger partial charge in [-0.25, -0.2) is 18.4 Å². The van der Waals surface area contributed by atoms with Gasteiger partial charge in [-0.15, -0.1) is 0 Å². The molecule has 2 heterocycles. The summed E-state index contributed by atoms with van der Waals surface area (Å²) < 4.78 is 102. The molecule has 6 rings (SSSR count). The molecule has 0 radical (unpaired) electrons. The van der Waals surface area contributed by atoms with Gasteiger partial charge in [0.25, 0.3) is 5.91 Å². The number of hydrogen-bond acceptors (Lipinski definition) is 5. The molecule has 0 aliphatic carbocycles. The number of nitrogens with two attached hydrogens (primary N) is 1. The van der Waals surface area contributed by atoms with Crippen molar-refractivity contribution in [3.63, 3.8) is 0 Å². The number of rotatable bonds is 6. The van der Waals surface area contributed by atoms with E-state index in [-0.39, 0.29) is 5.91 Å². The number of aromatic nitrogens is 2. The second-order valence-corrected chi connectivity index (χ2v) is 11.6. The van der Waals surface area contributed by atoms with Gasteiger partial charge in [0.05, 0.1) is 33.6 Å². The molecule has 0 fully saturated rings. The fraction of sp³-hybridized carbons (Fsp3) is 0.0588. The molecule has 2 aromatic heterocycles. The summed E-state index contributed by atoms with van der Waals surface area (Å²) in [6, 6.07) is 15.3. The van der Waals surface area contributed by atoms with Crippen molar-refractivity contribution in [3.8, 4) is 11.1 Å². The summed E-state index contributed by atoms with van der Waals surface area (Å²) in [6.07, 6.45) is -9.27. The lowest BCUT2D eigenvalue weighted by atomic mass is 10.0. The highest BCUT2D eigenvalue weighted by Crippen LogP contribution is 2.33. The van der Waals surface area contributed by atoms with Gasteiger partial charge in [-0.1, -0.05) is 18.2 Å². The Balaban J connectivity index is 0.000000303. The van der Waals surface area contributed by atoms with Crippen LogP contribution in [0.3, 0.4) is 0 Å². The van der Waals surface area contributed by atoms with Crippen molar-refractivity contribution >= 4 is 63.1 Å². The number of carbonyl (C=O) groups is 3. The minimum Gasteiger partial charge on any atom is -0.351 e. The first-order valence-electron chi connectivity index (χ1n) is 14.8. The highest BCUT2D eigenvalue weighted by Gasteiger charge is 2.32. The lowest BCUT2D eigenvalue weighted by Crippen LogP contribution is -2.20. The Bertz CT molecular complexity index is 2270. The first-order chi connectivity index (χ1) is 25.0. The number of fused-ring (bicyclic) bond motifs is 1. The van der Waals surface area contributed by atoms with Gasteiger partial charge in [0.1, 0.15) is 11.6 Å². The third-order valence-electron chi connectivity index (χ3n) is 7.15. The number of thiophene rings is 1. The molecular weight excluding hydrogens is 738 g/mol. The average Bonchev–Trinajstić information content (AvgIpc) is 3.77. The van der Waals surface area contributed by atoms with Gasteiger partial charge in [0.15, 0.2) is 5.82 Å². The van der Waals surface area contributed by atoms with Crippen LogP contribution < -0.4 is 27.0 Å². The number of primary amides is 1. The van der Waals surface area contributed by atoms with Crippen molar-refractivity contribution < 1.29 is 49.5 Å². The number of alkyl halides is 6. The molecule has 7 N–H and O–H groups in total. The van der Waals surface area contributed by atoms with Gasteiger partial charge in [-0.05, 0) is 83.2 Å². The summed E-state index contributed by atoms with van der Waals surface area (Å²) in [5.74, 6) is -1.83. The normalized spacial score (nSPS) is 11.3. The third kappa shape index (κ3) is 9.64. The van der Waals surface area contributed by atoms with E-state index in [2.05, 4.69) is 31.9 Å². The quantitative estimate of drug-likeness (QED) is 0.0936. The molecule has 0 aliphatic rings. The Morgan fingerprint density at radius 1 is 0.679 bits per heavy atom. The predicted octanol–water partition coefficient (Wildman–Crippen LogP) is 9.68. The maximum Gasteiger partial charge on any atom is 0.416 e. The second-order valence-electron chi connectivity index (χ2n) is 10.8. The fourth-order valence-corrected chi connectivity index (χ4v) is 5.26. The van der Waals surface area contributed by atoms with E-state index in [1.165, 1.54) is 11.3 Å². The molecule has 6 aromatic rings. The van der Waals surface area contributed by atoms with Crippen LogP contribution in [0.5, 0.6) is 0 Å². The van der Waals surface area contributed by atoms with E-state index in [4.69, 9.17) is 0 Å². The van der Waals surface area contributed by atoms with Crippen LogP contribution in [0.15, 0.2) is 95.7 Å². The molecule has 19 heteroatoms. The number of amides is 5. The van der Waals surface area contributed by atoms with Gasteiger partial charge < -0.3 is 27.0 Å². The monoisotopic (exact) mass is 761 g/mol. The number of H-pyrrole nitrogens is 1. The SMILES string of the molecule is NC(=O)Nc1cc(C(F)(F)F)ccc1F.O=C(Nc1ccc(-c2ccc3c(NC(=O)c4ccsc4)n[nH]c3c2)cc1)Nc1cc(C(F)(F)F)ccc1F. The van der Waals surface area contributed by atoms with Crippen molar-refractivity contribution in [2.75, 3.05) is 21.3 Å². The minimum atomic E-state index is -4.67. The lowest BCUT2D eigenvalue weighted by Gasteiger charge is -2.12. The molecule has 4 aromatic carbocycles. The van der Waals surface area contributed by atoms with Crippen LogP contribution in [0.1, 0.15) is 21.5 Å². The minimum absolute atomic E-state index is 0.258. The molecule has 0 saturated heterocycles. The summed E-state index contributed by atoms with van der Waals surface area (Å²) in [4.78, 5) is 34.9. The molecule has 0 aliphatic heterocycles. The predicted molar refractivity (Wildman–Crippen MR) is 182 cm³/mol. The molecule has 0 atom stereocenters. The van der Waals surface area contributed by atoms with E-state index in [1.54, 1.807) is 41.0 Å². The summed E-state index contributed by atoms with van der Waals surface area (Å²) in [5.41, 5.74) is 4.56. The first-order valence-corrected chi connectivity index (χ1v) is 15.7. The molecule has 10 nitrogen and oxygen atoms in total. The van der Waals surface area contributed by atoms with Crippen LogP contribution in [0.25, 0.3) is 22.0 Å². The van der Waals surface area contributed by atoms with Crippen LogP contribution in [-0.4, -0.2) is 28.2 Å². The zero-order valence-corrected chi connectivity index (χ0v) is 27.2. The Hall–Kier alpha value is -6.50. The van der Waals surface area contributed by atoms with E-state index in [1.807, 2.05) is 23.6 Å². The number of carbonyl (C=O) groups excluding carboxylic acids is 3. The number of hydrogen-bond donors (Lipinski definition) is 6. The Morgan fingerprint density at radius 2 is 1.26 bits per heavy atom. The first kappa shape index (κ1) is 37.7. The summed E-state index contributed by atoms with van der Waals surface area (Å²) in [7, 11) is 0. The van der Waals surface area contributed by atoms with Crippen molar-refractivity contribution in [2.45, 2.75) is 12.4 Å². The second kappa shape index (κ2) is 15.4. The number of urea groups is 2. The van der Waals surface area contributed by atoms with Gasteiger partial charge >= 0.3 is 24.4 Å². The molecular formula is C34H23F8N7O3S. The number of benzene rings is 4. The third-order valence-corrected chi connectivity index (χ3v) is 7.83. The number of halogens is 8. The molecule has 53 heavy (non-hydrogen) atoms. The van der Waals surface area contributed by atoms with Crippen molar-refractivity contribution in [3.05, 3.63) is 124 Å². The van der Waals surface area contributed by atoms with Crippen LogP contribution in [0, 0.1) is 11.6 Å². The maximum atomic E-state index is 13.9. The number of aromatic amines is 1. The van der Waals surface area contributed by atoms with E-state index in [0.29, 0.717) is 59.0 Å². The van der Waals surface area contributed by atoms with Crippen LogP contribution >= 0.6 is 11.3 Å². The van der Waals surface area contributed by atoms with Gasteiger partial charge in [-0.2, -0.15) is 42.8 Å². The summed E-state index contributed by atoms with van der Waals surface area (Å²) in [5, 5.41) is 20.5. The van der Waals surface area contributed by atoms with E-state index < -0.39 is 58.6 Å². The standard InChI is InChI=1S/C26H17F4N5O2S.C8H6F4N2O/c27-20-8-4-17(26(28,29)30)12-22(20)32-25(37)31-18-5-1-14(2-6-18)15-3-7-19-21(11-15)34-35-23(19)33-24(36)16-9-10-38-13-16;9-5-2-1-4(8(10,11)12)3-6(5)14-7(13)15/h1-13H,(H2,31,32,37)(H2,33,34,35,36);1-3H,(H3,13,14,15). The Morgan fingerprint density at radius 3 is 1.81 bits per heavy atom. The van der Waals surface area contributed by atoms with Crippen molar-refractivity contribution in [1.29, 1.82) is 0 Å². The highest BCUT2D eigenvalue weighted by atomic mass is 32.1. The van der Waals surface area contributed by atoms with Crippen molar-refractivity contribution in [2.24, 2.45) is 5.73 Å². The number of anilines is 4. The lowest BCUT2D eigenvalue weighted by molar-refractivity contribution is -0.138. The zero-order chi connectivity index (χ0) is 38.5. The fourth-order valence-electron chi connectivity index (χ4n) is 4.63. The molecule has 5 amide bonds. The Kier molecular flexibility index (Phi) is 11.0. The van der Waals surface area contributed by atoms with Gasteiger partial charge in [0, 0.05) is 16.5 Å². The molecule has 0 unspecified atom stereocenters. The van der Waals surface area contributed by atoms with Crippen LogP contribution in [-0.2, 0) is 12.4 Å². The van der Waals surface area contributed by atoms with Gasteiger partial charge in [0.2, 0.25) is 0 Å². The zero-order valence-electron chi connectivity index (χ0n) is 26.4. The maximum absolute atomic E-state index is 13.9. The Labute approximate surface area is 297 Å². The van der Waals surface area contributed by atoms with E-state index in [9.17, 15) is 49.5 Å². The highest BCUT2D eigenvalue weighted by molar-refractivity contribution is 7.08. The average molecular weight is 762 g/mol. The molecule has 0 bridgehead atoms. The number of nitrogens with one attached hydrogen (secondary N) is 5. The largest absolute Gasteiger partial charge is 0.416 e. The van der Waals surface area contributed by atoms with Crippen molar-refractivity contribution in [1.82, 2.24) is 10.2 Å². The molecule has 0 saturated carbocycles. The topological polar surface area (TPSA) is 154 Å². The summed E-state index contributed by atoms with van der Waals surface area (Å²) >= 11 is 1.42. The van der Waals surface area contributed by atoms with Crippen LogP contribution in [0.2, 0.25) is 0 Å². The summed E-state index contributed by atoms with van der Waals surface area (Å²) in [6.45, 7) is 0. The molecule has 0 spiro atoms. The number of nitrogens with zero attached hydrogens (tertiary/aromatic N) is 1.